The fraction of sp³-hybridized carbons (Fsp3) is 0.423. The van der Waals surface area contributed by atoms with Crippen LogP contribution in [0.2, 0.25) is 0 Å². The van der Waals surface area contributed by atoms with Gasteiger partial charge in [-0.2, -0.15) is 0 Å². The molecule has 8 nitrogen and oxygen atoms in total. The molecule has 2 aromatic carbocycles. The van der Waals surface area contributed by atoms with Crippen molar-refractivity contribution in [3.8, 4) is 11.5 Å². The van der Waals surface area contributed by atoms with E-state index in [0.29, 0.717) is 49.5 Å². The number of ether oxygens (including phenoxy) is 2. The number of nitrogens with one attached hydrogen (secondary N) is 1. The second-order valence-electron chi connectivity index (χ2n) is 8.61. The molecule has 1 atom stereocenters. The SMILES string of the molecule is COc1ccc([C@@H](CC(=O)NCCCN2CCCC2=O)N2Cc3ccccc3C2=O)cc1OC. The highest BCUT2D eigenvalue weighted by molar-refractivity contribution is 5.98. The Morgan fingerprint density at radius 2 is 1.88 bits per heavy atom. The van der Waals surface area contributed by atoms with Gasteiger partial charge in [0.15, 0.2) is 11.5 Å². The second-order valence-corrected chi connectivity index (χ2v) is 8.61. The van der Waals surface area contributed by atoms with Gasteiger partial charge in [0.25, 0.3) is 5.91 Å². The van der Waals surface area contributed by atoms with Crippen LogP contribution in [0.3, 0.4) is 0 Å². The summed E-state index contributed by atoms with van der Waals surface area (Å²) in [6.45, 7) is 2.37. The summed E-state index contributed by atoms with van der Waals surface area (Å²) in [5.41, 5.74) is 2.42. The first-order valence-electron chi connectivity index (χ1n) is 11.7. The summed E-state index contributed by atoms with van der Waals surface area (Å²) in [6.07, 6.45) is 2.35. The Morgan fingerprint density at radius 1 is 1.09 bits per heavy atom. The quantitative estimate of drug-likeness (QED) is 0.545. The zero-order valence-corrected chi connectivity index (χ0v) is 19.7. The molecule has 0 spiro atoms. The number of methoxy groups -OCH3 is 2. The third kappa shape index (κ3) is 5.00. The van der Waals surface area contributed by atoms with Crippen molar-refractivity contribution in [3.63, 3.8) is 0 Å². The molecule has 0 radical (unpaired) electrons. The summed E-state index contributed by atoms with van der Waals surface area (Å²) in [4.78, 5) is 41.5. The zero-order chi connectivity index (χ0) is 24.1. The minimum Gasteiger partial charge on any atom is -0.493 e. The first kappa shape index (κ1) is 23.6. The summed E-state index contributed by atoms with van der Waals surface area (Å²) in [6, 6.07) is 12.6. The highest BCUT2D eigenvalue weighted by Gasteiger charge is 2.34. The van der Waals surface area contributed by atoms with Gasteiger partial charge in [0.05, 0.1) is 26.7 Å². The predicted molar refractivity (Wildman–Crippen MR) is 127 cm³/mol. The van der Waals surface area contributed by atoms with Crippen molar-refractivity contribution in [3.05, 3.63) is 59.2 Å². The van der Waals surface area contributed by atoms with Crippen LogP contribution in [0, 0.1) is 0 Å². The molecule has 34 heavy (non-hydrogen) atoms. The van der Waals surface area contributed by atoms with Crippen LogP contribution in [0.25, 0.3) is 0 Å². The lowest BCUT2D eigenvalue weighted by atomic mass is 10.0. The number of rotatable bonds is 10. The molecule has 2 aromatic rings. The minimum atomic E-state index is -0.458. The molecular formula is C26H31N3O5. The number of fused-ring (bicyclic) bond motifs is 1. The molecular weight excluding hydrogens is 434 g/mol. The third-order valence-electron chi connectivity index (χ3n) is 6.50. The first-order chi connectivity index (χ1) is 16.5. The van der Waals surface area contributed by atoms with Crippen molar-refractivity contribution >= 4 is 17.7 Å². The van der Waals surface area contributed by atoms with Gasteiger partial charge >= 0.3 is 0 Å². The number of carbonyl (C=O) groups is 3. The fourth-order valence-electron chi connectivity index (χ4n) is 4.68. The monoisotopic (exact) mass is 465 g/mol. The predicted octanol–water partition coefficient (Wildman–Crippen LogP) is 2.92. The Hall–Kier alpha value is -3.55. The van der Waals surface area contributed by atoms with E-state index in [1.165, 1.54) is 0 Å². The maximum atomic E-state index is 13.2. The standard InChI is InChI=1S/C26H31N3O5/c1-33-22-11-10-18(15-23(22)34-2)21(29-17-19-7-3-4-8-20(19)26(29)32)16-24(30)27-12-6-14-28-13-5-9-25(28)31/h3-4,7-8,10-11,15,21H,5-6,9,12-14,16-17H2,1-2H3,(H,27,30)/t21-/m1/s1. The molecule has 0 aliphatic carbocycles. The Morgan fingerprint density at radius 3 is 2.59 bits per heavy atom. The number of nitrogens with zero attached hydrogens (tertiary/aromatic N) is 2. The summed E-state index contributed by atoms with van der Waals surface area (Å²) in [5.74, 6) is 1.09. The smallest absolute Gasteiger partial charge is 0.255 e. The summed E-state index contributed by atoms with van der Waals surface area (Å²) in [7, 11) is 3.13. The van der Waals surface area contributed by atoms with Gasteiger partial charge in [-0.15, -0.1) is 0 Å². The van der Waals surface area contributed by atoms with Crippen LogP contribution in [-0.2, 0) is 16.1 Å². The van der Waals surface area contributed by atoms with Gasteiger partial charge in [-0.25, -0.2) is 0 Å². The number of amides is 3. The van der Waals surface area contributed by atoms with Crippen LogP contribution in [0.15, 0.2) is 42.5 Å². The van der Waals surface area contributed by atoms with Crippen LogP contribution >= 0.6 is 0 Å². The Labute approximate surface area is 199 Å². The number of hydrogen-bond donors (Lipinski definition) is 1. The lowest BCUT2D eigenvalue weighted by Gasteiger charge is -2.28. The van der Waals surface area contributed by atoms with E-state index in [9.17, 15) is 14.4 Å². The number of benzene rings is 2. The van der Waals surface area contributed by atoms with E-state index in [-0.39, 0.29) is 24.1 Å². The van der Waals surface area contributed by atoms with Crippen molar-refractivity contribution in [2.75, 3.05) is 33.9 Å². The average molecular weight is 466 g/mol. The largest absolute Gasteiger partial charge is 0.493 e. The lowest BCUT2D eigenvalue weighted by molar-refractivity contribution is -0.127. The Balaban J connectivity index is 1.47. The van der Waals surface area contributed by atoms with Crippen molar-refractivity contribution in [2.24, 2.45) is 0 Å². The summed E-state index contributed by atoms with van der Waals surface area (Å²) in [5, 5.41) is 2.96. The number of carbonyl (C=O) groups excluding carboxylic acids is 3. The van der Waals surface area contributed by atoms with Gasteiger partial charge in [-0.1, -0.05) is 24.3 Å². The first-order valence-corrected chi connectivity index (χ1v) is 11.7. The van der Waals surface area contributed by atoms with Crippen LogP contribution in [0.5, 0.6) is 11.5 Å². The molecule has 4 rings (SSSR count). The minimum absolute atomic E-state index is 0.0873. The molecule has 2 aliphatic heterocycles. The lowest BCUT2D eigenvalue weighted by Crippen LogP contribution is -2.35. The van der Waals surface area contributed by atoms with Crippen LogP contribution in [0.4, 0.5) is 0 Å². The van der Waals surface area contributed by atoms with E-state index in [1.807, 2.05) is 41.3 Å². The van der Waals surface area contributed by atoms with Crippen molar-refractivity contribution in [2.45, 2.75) is 38.3 Å². The van der Waals surface area contributed by atoms with E-state index in [4.69, 9.17) is 9.47 Å². The van der Waals surface area contributed by atoms with Gasteiger partial charge in [0, 0.05) is 38.2 Å². The van der Waals surface area contributed by atoms with Crippen molar-refractivity contribution < 1.29 is 23.9 Å². The van der Waals surface area contributed by atoms with Gasteiger partial charge in [-0.3, -0.25) is 14.4 Å². The zero-order valence-electron chi connectivity index (χ0n) is 19.7. The highest BCUT2D eigenvalue weighted by atomic mass is 16.5. The van der Waals surface area contributed by atoms with E-state index in [1.54, 1.807) is 25.2 Å². The molecule has 180 valence electrons. The Bertz CT molecular complexity index is 1070. The normalized spacial score (nSPS) is 15.9. The maximum absolute atomic E-state index is 13.2. The molecule has 0 bridgehead atoms. The molecule has 1 saturated heterocycles. The van der Waals surface area contributed by atoms with E-state index >= 15 is 0 Å². The summed E-state index contributed by atoms with van der Waals surface area (Å²) >= 11 is 0. The van der Waals surface area contributed by atoms with Crippen LogP contribution < -0.4 is 14.8 Å². The Kier molecular flexibility index (Phi) is 7.35. The molecule has 2 heterocycles. The summed E-state index contributed by atoms with van der Waals surface area (Å²) < 4.78 is 10.8. The molecule has 1 N–H and O–H groups in total. The average Bonchev–Trinajstić information content (AvgIpc) is 3.42. The van der Waals surface area contributed by atoms with Gasteiger partial charge in [0.2, 0.25) is 11.8 Å². The number of hydrogen-bond acceptors (Lipinski definition) is 5. The highest BCUT2D eigenvalue weighted by Crippen LogP contribution is 2.37. The third-order valence-corrected chi connectivity index (χ3v) is 6.50. The van der Waals surface area contributed by atoms with Crippen molar-refractivity contribution in [1.29, 1.82) is 0 Å². The van der Waals surface area contributed by atoms with Crippen molar-refractivity contribution in [1.82, 2.24) is 15.1 Å². The second kappa shape index (κ2) is 10.6. The molecule has 0 unspecified atom stereocenters. The van der Waals surface area contributed by atoms with E-state index < -0.39 is 6.04 Å². The van der Waals surface area contributed by atoms with E-state index in [0.717, 1.165) is 24.1 Å². The van der Waals surface area contributed by atoms with Gasteiger partial charge < -0.3 is 24.6 Å². The van der Waals surface area contributed by atoms with Gasteiger partial charge in [-0.05, 0) is 42.2 Å². The molecule has 0 aromatic heterocycles. The van der Waals surface area contributed by atoms with E-state index in [2.05, 4.69) is 5.32 Å². The van der Waals surface area contributed by atoms with Gasteiger partial charge in [0.1, 0.15) is 0 Å². The fourth-order valence-corrected chi connectivity index (χ4v) is 4.68. The van der Waals surface area contributed by atoms with Crippen LogP contribution in [0.1, 0.15) is 53.2 Å². The molecule has 8 heteroatoms. The molecule has 3 amide bonds. The molecule has 2 aliphatic rings. The van der Waals surface area contributed by atoms with Crippen LogP contribution in [-0.4, -0.2) is 61.4 Å². The number of likely N-dealkylation sites (tertiary alicyclic amines) is 1. The maximum Gasteiger partial charge on any atom is 0.255 e. The topological polar surface area (TPSA) is 88.2 Å². The molecule has 1 fully saturated rings. The molecule has 0 saturated carbocycles.